The molecule has 0 aliphatic carbocycles. The molecular weight excluding hydrogens is 279 g/mol. The summed E-state index contributed by atoms with van der Waals surface area (Å²) in [5.41, 5.74) is 0.379. The van der Waals surface area contributed by atoms with Crippen LogP contribution in [0.15, 0.2) is 40.2 Å². The van der Waals surface area contributed by atoms with E-state index < -0.39 is 5.82 Å². The molecule has 0 atom stereocenters. The maximum absolute atomic E-state index is 12.9. The van der Waals surface area contributed by atoms with Gasteiger partial charge in [0.25, 0.3) is 0 Å². The van der Waals surface area contributed by atoms with Crippen molar-refractivity contribution in [2.24, 2.45) is 0 Å². The number of ketones is 1. The highest BCUT2D eigenvalue weighted by molar-refractivity contribution is 9.10. The second-order valence-corrected chi connectivity index (χ2v) is 4.80. The van der Waals surface area contributed by atoms with E-state index in [4.69, 9.17) is 0 Å². The zero-order chi connectivity index (χ0) is 10.8. The summed E-state index contributed by atoms with van der Waals surface area (Å²) in [7, 11) is 0. The Hall–Kier alpha value is -1.000. The highest BCUT2D eigenvalue weighted by Crippen LogP contribution is 2.22. The van der Waals surface area contributed by atoms with Crippen LogP contribution in [0.2, 0.25) is 0 Å². The van der Waals surface area contributed by atoms with Crippen LogP contribution in [0.25, 0.3) is 0 Å². The van der Waals surface area contributed by atoms with Crippen LogP contribution in [0.4, 0.5) is 4.39 Å². The third-order valence-corrected chi connectivity index (χ3v) is 3.57. The Bertz CT molecular complexity index is 507. The third-order valence-electron chi connectivity index (χ3n) is 1.88. The van der Waals surface area contributed by atoms with E-state index in [1.807, 2.05) is 5.38 Å². The van der Waals surface area contributed by atoms with Crippen LogP contribution in [-0.2, 0) is 0 Å². The van der Waals surface area contributed by atoms with Crippen molar-refractivity contribution in [2.75, 3.05) is 0 Å². The molecule has 0 bridgehead atoms. The van der Waals surface area contributed by atoms with Gasteiger partial charge in [-0.1, -0.05) is 12.1 Å². The summed E-state index contributed by atoms with van der Waals surface area (Å²) in [5, 5.41) is 1.83. The van der Waals surface area contributed by atoms with E-state index in [0.29, 0.717) is 10.4 Å². The SMILES string of the molecule is O=C(c1cccc(F)c1)c1cc(Br)cs1. The number of hydrogen-bond donors (Lipinski definition) is 0. The smallest absolute Gasteiger partial charge is 0.203 e. The second kappa shape index (κ2) is 4.24. The van der Waals surface area contributed by atoms with Crippen LogP contribution in [0.1, 0.15) is 15.2 Å². The summed E-state index contributed by atoms with van der Waals surface area (Å²) in [5.74, 6) is -0.540. The molecule has 0 saturated carbocycles. The van der Waals surface area contributed by atoms with Gasteiger partial charge in [0.2, 0.25) is 5.78 Å². The van der Waals surface area contributed by atoms with Gasteiger partial charge in [-0.3, -0.25) is 4.79 Å². The molecule has 0 N–H and O–H groups in total. The molecule has 2 aromatic rings. The molecule has 1 aromatic heterocycles. The first-order chi connectivity index (χ1) is 7.16. The number of halogens is 2. The molecule has 1 aromatic carbocycles. The Morgan fingerprint density at radius 1 is 1.33 bits per heavy atom. The van der Waals surface area contributed by atoms with Gasteiger partial charge < -0.3 is 0 Å². The molecule has 0 fully saturated rings. The summed E-state index contributed by atoms with van der Waals surface area (Å²) >= 11 is 4.61. The van der Waals surface area contributed by atoms with Crippen LogP contribution in [0.3, 0.4) is 0 Å². The maximum Gasteiger partial charge on any atom is 0.203 e. The quantitative estimate of drug-likeness (QED) is 0.765. The average Bonchev–Trinajstić information content (AvgIpc) is 2.64. The predicted octanol–water partition coefficient (Wildman–Crippen LogP) is 3.88. The molecule has 76 valence electrons. The third kappa shape index (κ3) is 2.33. The number of thiophene rings is 1. The Labute approximate surface area is 98.7 Å². The Balaban J connectivity index is 2.36. The molecule has 1 nitrogen and oxygen atoms in total. The number of carbonyl (C=O) groups excluding carboxylic acids is 1. The van der Waals surface area contributed by atoms with Gasteiger partial charge in [0.1, 0.15) is 5.82 Å². The van der Waals surface area contributed by atoms with Gasteiger partial charge in [0, 0.05) is 15.4 Å². The fraction of sp³-hybridized carbons (Fsp3) is 0. The molecule has 0 unspecified atom stereocenters. The molecule has 1 heterocycles. The lowest BCUT2D eigenvalue weighted by atomic mass is 10.1. The maximum atomic E-state index is 12.9. The lowest BCUT2D eigenvalue weighted by Crippen LogP contribution is -1.98. The fourth-order valence-electron chi connectivity index (χ4n) is 1.20. The minimum Gasteiger partial charge on any atom is -0.288 e. The van der Waals surface area contributed by atoms with Crippen LogP contribution < -0.4 is 0 Å². The minimum atomic E-state index is -0.392. The largest absolute Gasteiger partial charge is 0.288 e. The van der Waals surface area contributed by atoms with Crippen molar-refractivity contribution in [1.29, 1.82) is 0 Å². The van der Waals surface area contributed by atoms with E-state index in [0.717, 1.165) is 4.47 Å². The second-order valence-electron chi connectivity index (χ2n) is 2.97. The first kappa shape index (κ1) is 10.5. The van der Waals surface area contributed by atoms with E-state index in [2.05, 4.69) is 15.9 Å². The van der Waals surface area contributed by atoms with Gasteiger partial charge in [0.15, 0.2) is 0 Å². The molecule has 2 rings (SSSR count). The Morgan fingerprint density at radius 2 is 2.13 bits per heavy atom. The number of rotatable bonds is 2. The zero-order valence-electron chi connectivity index (χ0n) is 7.54. The lowest BCUT2D eigenvalue weighted by Gasteiger charge is -1.97. The Kier molecular flexibility index (Phi) is 2.98. The van der Waals surface area contributed by atoms with Crippen LogP contribution in [-0.4, -0.2) is 5.78 Å². The Morgan fingerprint density at radius 3 is 2.73 bits per heavy atom. The molecule has 0 aliphatic heterocycles. The number of hydrogen-bond acceptors (Lipinski definition) is 2. The van der Waals surface area contributed by atoms with Crippen molar-refractivity contribution in [3.05, 3.63) is 56.4 Å². The normalized spacial score (nSPS) is 10.3. The predicted molar refractivity (Wildman–Crippen MR) is 61.9 cm³/mol. The minimum absolute atomic E-state index is 0.148. The molecule has 4 heteroatoms. The number of carbonyl (C=O) groups is 1. The van der Waals surface area contributed by atoms with Crippen LogP contribution in [0, 0.1) is 5.82 Å². The summed E-state index contributed by atoms with van der Waals surface area (Å²) in [4.78, 5) is 12.4. The summed E-state index contributed by atoms with van der Waals surface area (Å²) in [6.45, 7) is 0. The highest BCUT2D eigenvalue weighted by Gasteiger charge is 2.11. The van der Waals surface area contributed by atoms with E-state index in [1.165, 1.54) is 29.5 Å². The van der Waals surface area contributed by atoms with Crippen molar-refractivity contribution in [3.8, 4) is 0 Å². The molecule has 0 aliphatic rings. The zero-order valence-corrected chi connectivity index (χ0v) is 9.94. The summed E-state index contributed by atoms with van der Waals surface area (Å²) in [6.07, 6.45) is 0. The molecule has 0 radical (unpaired) electrons. The molecule has 0 spiro atoms. The van der Waals surface area contributed by atoms with Gasteiger partial charge in [-0.2, -0.15) is 0 Å². The molecule has 0 saturated heterocycles. The van der Waals surface area contributed by atoms with E-state index in [-0.39, 0.29) is 5.78 Å². The first-order valence-electron chi connectivity index (χ1n) is 4.21. The van der Waals surface area contributed by atoms with Crippen LogP contribution in [0.5, 0.6) is 0 Å². The molecule has 15 heavy (non-hydrogen) atoms. The van der Waals surface area contributed by atoms with E-state index in [1.54, 1.807) is 12.1 Å². The van der Waals surface area contributed by atoms with Gasteiger partial charge in [-0.15, -0.1) is 11.3 Å². The topological polar surface area (TPSA) is 17.1 Å². The van der Waals surface area contributed by atoms with Gasteiger partial charge in [-0.05, 0) is 34.1 Å². The van der Waals surface area contributed by atoms with Crippen molar-refractivity contribution >= 4 is 33.0 Å². The molecular formula is C11H6BrFOS. The fourth-order valence-corrected chi connectivity index (χ4v) is 2.59. The van der Waals surface area contributed by atoms with Gasteiger partial charge >= 0.3 is 0 Å². The van der Waals surface area contributed by atoms with Crippen molar-refractivity contribution in [3.63, 3.8) is 0 Å². The average molecular weight is 285 g/mol. The van der Waals surface area contributed by atoms with Crippen LogP contribution >= 0.6 is 27.3 Å². The van der Waals surface area contributed by atoms with Gasteiger partial charge in [-0.25, -0.2) is 4.39 Å². The summed E-state index contributed by atoms with van der Waals surface area (Å²) in [6, 6.07) is 7.44. The van der Waals surface area contributed by atoms with Crippen molar-refractivity contribution < 1.29 is 9.18 Å². The standard InChI is InChI=1S/C11H6BrFOS/c12-8-5-10(15-6-8)11(14)7-2-1-3-9(13)4-7/h1-6H. The molecule has 0 amide bonds. The highest BCUT2D eigenvalue weighted by atomic mass is 79.9. The first-order valence-corrected chi connectivity index (χ1v) is 5.88. The van der Waals surface area contributed by atoms with Gasteiger partial charge in [0.05, 0.1) is 4.88 Å². The lowest BCUT2D eigenvalue weighted by molar-refractivity contribution is 0.104. The van der Waals surface area contributed by atoms with Crippen molar-refractivity contribution in [1.82, 2.24) is 0 Å². The summed E-state index contributed by atoms with van der Waals surface area (Å²) < 4.78 is 13.8. The van der Waals surface area contributed by atoms with E-state index in [9.17, 15) is 9.18 Å². The monoisotopic (exact) mass is 284 g/mol. The van der Waals surface area contributed by atoms with Crippen molar-refractivity contribution in [2.45, 2.75) is 0 Å². The number of benzene rings is 1. The van der Waals surface area contributed by atoms with E-state index >= 15 is 0 Å².